The average Bonchev–Trinajstić information content (AvgIpc) is 3.04. The van der Waals surface area contributed by atoms with Gasteiger partial charge in [0.15, 0.2) is 0 Å². The lowest BCUT2D eigenvalue weighted by Gasteiger charge is -2.22. The summed E-state index contributed by atoms with van der Waals surface area (Å²) in [5.41, 5.74) is 4.91. The van der Waals surface area contributed by atoms with Crippen LogP contribution in [-0.4, -0.2) is 12.6 Å². The van der Waals surface area contributed by atoms with Gasteiger partial charge in [0.1, 0.15) is 5.58 Å². The van der Waals surface area contributed by atoms with Crippen molar-refractivity contribution in [2.45, 2.75) is 18.9 Å². The number of hydrogen-bond donors (Lipinski definition) is 1. The van der Waals surface area contributed by atoms with E-state index in [1.54, 1.807) is 0 Å². The van der Waals surface area contributed by atoms with Crippen LogP contribution < -0.4 is 5.32 Å². The smallest absolute Gasteiger partial charge is 0.134 e. The predicted molar refractivity (Wildman–Crippen MR) is 99.9 cm³/mol. The zero-order chi connectivity index (χ0) is 16.2. The van der Waals surface area contributed by atoms with E-state index in [1.165, 1.54) is 22.1 Å². The Balaban J connectivity index is 1.45. The number of fused-ring (bicyclic) bond motifs is 1. The molecule has 0 aliphatic carbocycles. The van der Waals surface area contributed by atoms with Crippen molar-refractivity contribution in [3.63, 3.8) is 0 Å². The van der Waals surface area contributed by atoms with E-state index in [2.05, 4.69) is 59.9 Å². The second kappa shape index (κ2) is 6.90. The second-order valence-corrected chi connectivity index (χ2v) is 6.29. The summed E-state index contributed by atoms with van der Waals surface area (Å²) in [7, 11) is 0. The minimum absolute atomic E-state index is 0.450. The molecule has 0 saturated carbocycles. The fraction of sp³-hybridized carbons (Fsp3) is 0.182. The van der Waals surface area contributed by atoms with Crippen molar-refractivity contribution in [1.29, 1.82) is 0 Å². The fourth-order valence-electron chi connectivity index (χ4n) is 3.30. The van der Waals surface area contributed by atoms with E-state index in [0.717, 1.165) is 25.0 Å². The lowest BCUT2D eigenvalue weighted by Crippen LogP contribution is -2.34. The topological polar surface area (TPSA) is 25.2 Å². The Labute approximate surface area is 142 Å². The molecule has 1 N–H and O–H groups in total. The number of nitrogens with one attached hydrogen (secondary N) is 1. The van der Waals surface area contributed by atoms with Gasteiger partial charge in [-0.3, -0.25) is 0 Å². The van der Waals surface area contributed by atoms with Gasteiger partial charge in [-0.1, -0.05) is 66.8 Å². The molecule has 24 heavy (non-hydrogen) atoms. The van der Waals surface area contributed by atoms with Gasteiger partial charge in [-0.15, -0.1) is 0 Å². The molecule has 1 atom stereocenters. The third-order valence-electron chi connectivity index (χ3n) is 4.57. The molecular formula is C22H21NO. The van der Waals surface area contributed by atoms with Gasteiger partial charge in [0, 0.05) is 18.0 Å². The van der Waals surface area contributed by atoms with E-state index in [0.29, 0.717) is 6.04 Å². The van der Waals surface area contributed by atoms with E-state index in [9.17, 15) is 0 Å². The van der Waals surface area contributed by atoms with Gasteiger partial charge in [0.05, 0.1) is 6.26 Å². The molecule has 2 heterocycles. The van der Waals surface area contributed by atoms with Crippen LogP contribution in [0.3, 0.4) is 0 Å². The van der Waals surface area contributed by atoms with Crippen LogP contribution in [0.15, 0.2) is 83.0 Å². The Morgan fingerprint density at radius 1 is 1.00 bits per heavy atom. The van der Waals surface area contributed by atoms with E-state index >= 15 is 0 Å². The molecule has 0 amide bonds. The Morgan fingerprint density at radius 2 is 1.83 bits per heavy atom. The molecule has 0 saturated heterocycles. The molecule has 0 fully saturated rings. The first kappa shape index (κ1) is 15.0. The lowest BCUT2D eigenvalue weighted by molar-refractivity contribution is 0.512. The summed E-state index contributed by atoms with van der Waals surface area (Å²) in [6.07, 6.45) is 10.7. The van der Waals surface area contributed by atoms with Crippen molar-refractivity contribution in [1.82, 2.24) is 5.32 Å². The zero-order valence-electron chi connectivity index (χ0n) is 13.6. The van der Waals surface area contributed by atoms with E-state index < -0.39 is 0 Å². The summed E-state index contributed by atoms with van der Waals surface area (Å²) in [6.45, 7) is 0.926. The van der Waals surface area contributed by atoms with Crippen molar-refractivity contribution < 1.29 is 4.42 Å². The molecule has 1 aliphatic heterocycles. The molecule has 1 aliphatic rings. The number of para-hydroxylation sites is 1. The van der Waals surface area contributed by atoms with Crippen LogP contribution in [0.2, 0.25) is 0 Å². The second-order valence-electron chi connectivity index (χ2n) is 6.29. The predicted octanol–water partition coefficient (Wildman–Crippen LogP) is 4.98. The van der Waals surface area contributed by atoms with E-state index in [-0.39, 0.29) is 0 Å². The van der Waals surface area contributed by atoms with Gasteiger partial charge < -0.3 is 9.73 Å². The molecule has 0 spiro atoms. The van der Waals surface area contributed by atoms with Crippen LogP contribution in [0.25, 0.3) is 17.0 Å². The minimum Gasteiger partial charge on any atom is -0.464 e. The minimum atomic E-state index is 0.450. The Kier molecular flexibility index (Phi) is 4.30. The highest BCUT2D eigenvalue weighted by Crippen LogP contribution is 2.24. The van der Waals surface area contributed by atoms with Crippen molar-refractivity contribution >= 4 is 17.0 Å². The van der Waals surface area contributed by atoms with Gasteiger partial charge in [0.2, 0.25) is 0 Å². The molecule has 1 unspecified atom stereocenters. The maximum absolute atomic E-state index is 5.67. The molecule has 2 aromatic carbocycles. The first-order valence-electron chi connectivity index (χ1n) is 8.49. The maximum atomic E-state index is 5.67. The molecule has 2 nitrogen and oxygen atoms in total. The van der Waals surface area contributed by atoms with Gasteiger partial charge >= 0.3 is 0 Å². The van der Waals surface area contributed by atoms with Crippen LogP contribution in [0.5, 0.6) is 0 Å². The first-order chi connectivity index (χ1) is 11.9. The molecule has 120 valence electrons. The van der Waals surface area contributed by atoms with E-state index in [1.807, 2.05) is 24.5 Å². The molecule has 3 aromatic rings. The van der Waals surface area contributed by atoms with E-state index in [4.69, 9.17) is 4.42 Å². The Morgan fingerprint density at radius 3 is 2.75 bits per heavy atom. The summed E-state index contributed by atoms with van der Waals surface area (Å²) in [4.78, 5) is 0. The largest absolute Gasteiger partial charge is 0.464 e. The van der Waals surface area contributed by atoms with Gasteiger partial charge in [-0.05, 0) is 35.6 Å². The summed E-state index contributed by atoms with van der Waals surface area (Å²) in [5, 5.41) is 4.83. The summed E-state index contributed by atoms with van der Waals surface area (Å²) < 4.78 is 5.67. The zero-order valence-corrected chi connectivity index (χ0v) is 13.6. The highest BCUT2D eigenvalue weighted by atomic mass is 16.3. The summed E-state index contributed by atoms with van der Waals surface area (Å²) in [5.74, 6) is 0. The number of hydrogen-bond acceptors (Lipinski definition) is 2. The third kappa shape index (κ3) is 3.34. The van der Waals surface area contributed by atoms with Gasteiger partial charge in [-0.25, -0.2) is 0 Å². The van der Waals surface area contributed by atoms with Crippen LogP contribution in [-0.2, 0) is 6.42 Å². The SMILES string of the molecule is C1=C(/C=C/c2ccccc2)CC(Cc2coc3ccccc23)NC1. The average molecular weight is 315 g/mol. The molecule has 0 radical (unpaired) electrons. The summed E-state index contributed by atoms with van der Waals surface area (Å²) >= 11 is 0. The van der Waals surface area contributed by atoms with Crippen LogP contribution in [0.4, 0.5) is 0 Å². The quantitative estimate of drug-likeness (QED) is 0.735. The highest BCUT2D eigenvalue weighted by molar-refractivity contribution is 5.80. The molecule has 4 rings (SSSR count). The summed E-state index contributed by atoms with van der Waals surface area (Å²) in [6, 6.07) is 19.2. The Bertz CT molecular complexity index is 873. The highest BCUT2D eigenvalue weighted by Gasteiger charge is 2.16. The van der Waals surface area contributed by atoms with Crippen molar-refractivity contribution in [2.75, 3.05) is 6.54 Å². The number of rotatable bonds is 4. The van der Waals surface area contributed by atoms with Gasteiger partial charge in [-0.2, -0.15) is 0 Å². The number of furan rings is 1. The molecule has 2 heteroatoms. The number of benzene rings is 2. The lowest BCUT2D eigenvalue weighted by atomic mass is 9.95. The fourth-order valence-corrected chi connectivity index (χ4v) is 3.30. The number of allylic oxidation sites excluding steroid dienone is 1. The van der Waals surface area contributed by atoms with Crippen LogP contribution in [0.1, 0.15) is 17.5 Å². The standard InChI is InChI=1S/C22H21NO/c1-2-6-17(7-3-1)10-11-18-12-13-23-20(14-18)15-19-16-24-22-9-5-4-8-21(19)22/h1-12,16,20,23H,13-15H2/b11-10+. The van der Waals surface area contributed by atoms with Crippen LogP contribution in [0, 0.1) is 0 Å². The molecular weight excluding hydrogens is 294 g/mol. The maximum Gasteiger partial charge on any atom is 0.134 e. The van der Waals surface area contributed by atoms with Crippen molar-refractivity contribution in [3.8, 4) is 0 Å². The van der Waals surface area contributed by atoms with Crippen molar-refractivity contribution in [2.24, 2.45) is 0 Å². The first-order valence-corrected chi connectivity index (χ1v) is 8.49. The van der Waals surface area contributed by atoms with Gasteiger partial charge in [0.25, 0.3) is 0 Å². The monoisotopic (exact) mass is 315 g/mol. The van der Waals surface area contributed by atoms with Crippen molar-refractivity contribution in [3.05, 3.63) is 89.7 Å². The third-order valence-corrected chi connectivity index (χ3v) is 4.57. The molecule has 1 aromatic heterocycles. The Hall–Kier alpha value is -2.58. The normalized spacial score (nSPS) is 18.2. The molecule has 0 bridgehead atoms. The van der Waals surface area contributed by atoms with Crippen LogP contribution >= 0.6 is 0 Å².